The molecule has 0 aliphatic heterocycles. The fourth-order valence-corrected chi connectivity index (χ4v) is 4.10. The second kappa shape index (κ2) is 5.08. The first-order valence-corrected chi connectivity index (χ1v) is 7.48. The Bertz CT molecular complexity index is 211. The second-order valence-electron chi connectivity index (χ2n) is 6.16. The predicted octanol–water partition coefficient (Wildman–Crippen LogP) is 3.98. The first kappa shape index (κ1) is 12.4. The molecule has 0 aromatic carbocycles. The Hall–Kier alpha value is -0.0400. The van der Waals surface area contributed by atoms with Crippen molar-refractivity contribution in [2.45, 2.75) is 71.3 Å². The molecule has 2 bridgehead atoms. The zero-order chi connectivity index (χ0) is 11.6. The van der Waals surface area contributed by atoms with E-state index in [1.54, 1.807) is 6.42 Å². The Morgan fingerprint density at radius 1 is 1.00 bits per heavy atom. The van der Waals surface area contributed by atoms with Crippen LogP contribution in [0.25, 0.3) is 0 Å². The average molecular weight is 223 g/mol. The largest absolute Gasteiger partial charge is 0.311 e. The van der Waals surface area contributed by atoms with Crippen LogP contribution < -0.4 is 5.32 Å². The minimum Gasteiger partial charge on any atom is -0.311 e. The molecule has 2 saturated carbocycles. The minimum atomic E-state index is 0.432. The van der Waals surface area contributed by atoms with Crippen molar-refractivity contribution in [2.24, 2.45) is 17.8 Å². The van der Waals surface area contributed by atoms with Crippen molar-refractivity contribution < 1.29 is 0 Å². The molecule has 2 aliphatic rings. The van der Waals surface area contributed by atoms with Crippen LogP contribution in [0.4, 0.5) is 0 Å². The SMILES string of the molecule is CCC(CC)(CC)NCC1CC2CCC1C2. The van der Waals surface area contributed by atoms with Crippen molar-refractivity contribution in [1.82, 2.24) is 5.32 Å². The van der Waals surface area contributed by atoms with Crippen molar-refractivity contribution in [1.29, 1.82) is 0 Å². The van der Waals surface area contributed by atoms with Crippen molar-refractivity contribution >= 4 is 0 Å². The Morgan fingerprint density at radius 2 is 1.69 bits per heavy atom. The molecule has 2 rings (SSSR count). The highest BCUT2D eigenvalue weighted by molar-refractivity contribution is 4.93. The molecule has 3 atom stereocenters. The average Bonchev–Trinajstić information content (AvgIpc) is 2.93. The van der Waals surface area contributed by atoms with Crippen LogP contribution in [0.2, 0.25) is 0 Å². The molecule has 1 N–H and O–H groups in total. The van der Waals surface area contributed by atoms with E-state index in [2.05, 4.69) is 26.1 Å². The van der Waals surface area contributed by atoms with Gasteiger partial charge in [0.05, 0.1) is 0 Å². The van der Waals surface area contributed by atoms with E-state index in [1.807, 2.05) is 0 Å². The molecule has 0 aromatic rings. The van der Waals surface area contributed by atoms with Crippen LogP contribution in [0.5, 0.6) is 0 Å². The maximum atomic E-state index is 3.91. The lowest BCUT2D eigenvalue weighted by molar-refractivity contribution is 0.237. The molecule has 94 valence electrons. The Labute approximate surface area is 101 Å². The number of nitrogens with one attached hydrogen (secondary N) is 1. The topological polar surface area (TPSA) is 12.0 Å². The summed E-state index contributed by atoms with van der Waals surface area (Å²) in [6.07, 6.45) is 9.95. The van der Waals surface area contributed by atoms with E-state index >= 15 is 0 Å². The van der Waals surface area contributed by atoms with Crippen LogP contribution in [0.15, 0.2) is 0 Å². The number of rotatable bonds is 6. The van der Waals surface area contributed by atoms with Gasteiger partial charge < -0.3 is 5.32 Å². The van der Waals surface area contributed by atoms with Crippen LogP contribution in [0, 0.1) is 17.8 Å². The first-order chi connectivity index (χ1) is 7.73. The van der Waals surface area contributed by atoms with Gasteiger partial charge in [-0.05, 0) is 62.8 Å². The van der Waals surface area contributed by atoms with Crippen molar-refractivity contribution in [2.75, 3.05) is 6.54 Å². The van der Waals surface area contributed by atoms with E-state index in [0.29, 0.717) is 5.54 Å². The molecule has 0 amide bonds. The molecular weight excluding hydrogens is 194 g/mol. The van der Waals surface area contributed by atoms with Gasteiger partial charge in [-0.2, -0.15) is 0 Å². The smallest absolute Gasteiger partial charge is 0.0173 e. The van der Waals surface area contributed by atoms with Crippen LogP contribution >= 0.6 is 0 Å². The van der Waals surface area contributed by atoms with Crippen molar-refractivity contribution in [3.8, 4) is 0 Å². The molecular formula is C15H29N. The second-order valence-corrected chi connectivity index (χ2v) is 6.16. The van der Waals surface area contributed by atoms with Gasteiger partial charge in [-0.1, -0.05) is 27.2 Å². The van der Waals surface area contributed by atoms with Gasteiger partial charge in [-0.15, -0.1) is 0 Å². The van der Waals surface area contributed by atoms with Crippen LogP contribution in [0.3, 0.4) is 0 Å². The van der Waals surface area contributed by atoms with Gasteiger partial charge in [-0.3, -0.25) is 0 Å². The molecule has 0 saturated heterocycles. The monoisotopic (exact) mass is 223 g/mol. The quantitative estimate of drug-likeness (QED) is 0.718. The highest BCUT2D eigenvalue weighted by Crippen LogP contribution is 2.48. The summed E-state index contributed by atoms with van der Waals surface area (Å²) in [5.41, 5.74) is 0.432. The Morgan fingerprint density at radius 3 is 2.12 bits per heavy atom. The van der Waals surface area contributed by atoms with Gasteiger partial charge in [0.25, 0.3) is 0 Å². The minimum absolute atomic E-state index is 0.432. The molecule has 2 fully saturated rings. The molecule has 3 unspecified atom stereocenters. The molecule has 0 spiro atoms. The molecule has 16 heavy (non-hydrogen) atoms. The summed E-state index contributed by atoms with van der Waals surface area (Å²) in [5.74, 6) is 3.17. The molecule has 0 radical (unpaired) electrons. The van der Waals surface area contributed by atoms with E-state index in [-0.39, 0.29) is 0 Å². The van der Waals surface area contributed by atoms with Gasteiger partial charge in [0.1, 0.15) is 0 Å². The van der Waals surface area contributed by atoms with E-state index in [9.17, 15) is 0 Å². The van der Waals surface area contributed by atoms with E-state index in [1.165, 1.54) is 45.1 Å². The third kappa shape index (κ3) is 2.30. The van der Waals surface area contributed by atoms with Crippen LogP contribution in [-0.4, -0.2) is 12.1 Å². The summed E-state index contributed by atoms with van der Waals surface area (Å²) in [4.78, 5) is 0. The van der Waals surface area contributed by atoms with E-state index < -0.39 is 0 Å². The lowest BCUT2D eigenvalue weighted by atomic mass is 9.85. The summed E-state index contributed by atoms with van der Waals surface area (Å²) in [6, 6.07) is 0. The molecule has 1 nitrogen and oxygen atoms in total. The third-order valence-corrected chi connectivity index (χ3v) is 5.65. The van der Waals surface area contributed by atoms with E-state index in [4.69, 9.17) is 0 Å². The lowest BCUT2D eigenvalue weighted by Gasteiger charge is -2.35. The summed E-state index contributed by atoms with van der Waals surface area (Å²) in [5, 5.41) is 3.91. The third-order valence-electron chi connectivity index (χ3n) is 5.65. The van der Waals surface area contributed by atoms with Gasteiger partial charge in [0.15, 0.2) is 0 Å². The summed E-state index contributed by atoms with van der Waals surface area (Å²) >= 11 is 0. The summed E-state index contributed by atoms with van der Waals surface area (Å²) < 4.78 is 0. The summed E-state index contributed by atoms with van der Waals surface area (Å²) in [6.45, 7) is 8.29. The fourth-order valence-electron chi connectivity index (χ4n) is 4.10. The number of hydrogen-bond donors (Lipinski definition) is 1. The zero-order valence-electron chi connectivity index (χ0n) is 11.4. The Kier molecular flexibility index (Phi) is 3.94. The molecule has 0 heterocycles. The standard InChI is InChI=1S/C15H29N/c1-4-15(5-2,6-3)16-11-14-10-12-7-8-13(14)9-12/h12-14,16H,4-11H2,1-3H3. The maximum Gasteiger partial charge on any atom is 0.0173 e. The van der Waals surface area contributed by atoms with Gasteiger partial charge in [-0.25, -0.2) is 0 Å². The lowest BCUT2D eigenvalue weighted by Crippen LogP contribution is -2.46. The highest BCUT2D eigenvalue weighted by Gasteiger charge is 2.39. The van der Waals surface area contributed by atoms with Crippen molar-refractivity contribution in [3.63, 3.8) is 0 Å². The normalized spacial score (nSPS) is 33.6. The predicted molar refractivity (Wildman–Crippen MR) is 70.5 cm³/mol. The van der Waals surface area contributed by atoms with Crippen molar-refractivity contribution in [3.05, 3.63) is 0 Å². The molecule has 0 aromatic heterocycles. The van der Waals surface area contributed by atoms with Gasteiger partial charge in [0, 0.05) is 5.54 Å². The van der Waals surface area contributed by atoms with Crippen LogP contribution in [0.1, 0.15) is 65.7 Å². The van der Waals surface area contributed by atoms with Gasteiger partial charge >= 0.3 is 0 Å². The number of fused-ring (bicyclic) bond motifs is 2. The molecule has 2 aliphatic carbocycles. The molecule has 1 heteroatoms. The van der Waals surface area contributed by atoms with E-state index in [0.717, 1.165) is 17.8 Å². The maximum absolute atomic E-state index is 3.91. The Balaban J connectivity index is 1.82. The highest BCUT2D eigenvalue weighted by atomic mass is 15.0. The zero-order valence-corrected chi connectivity index (χ0v) is 11.4. The van der Waals surface area contributed by atoms with Crippen LogP contribution in [-0.2, 0) is 0 Å². The summed E-state index contributed by atoms with van der Waals surface area (Å²) in [7, 11) is 0. The number of hydrogen-bond acceptors (Lipinski definition) is 1. The first-order valence-electron chi connectivity index (χ1n) is 7.48. The fraction of sp³-hybridized carbons (Fsp3) is 1.00. The van der Waals surface area contributed by atoms with Gasteiger partial charge in [0.2, 0.25) is 0 Å².